The Balaban J connectivity index is 2.86. The number of aryl methyl sites for hydroxylation is 1. The van der Waals surface area contributed by atoms with Gasteiger partial charge in [0.05, 0.1) is 0 Å². The standard InChI is InChI=1S/C13H17NO/c1-4-10(3)9-12(15)13-11(5-2)7-6-8-14-13/h6-8H,3-5,9H2,1-2H3. The molecule has 80 valence electrons. The Bertz CT molecular complexity index is 369. The van der Waals surface area contributed by atoms with Crippen LogP contribution in [0.5, 0.6) is 0 Å². The maximum atomic E-state index is 11.9. The van der Waals surface area contributed by atoms with E-state index in [1.807, 2.05) is 26.0 Å². The van der Waals surface area contributed by atoms with Crippen LogP contribution in [-0.2, 0) is 6.42 Å². The van der Waals surface area contributed by atoms with Crippen LogP contribution >= 0.6 is 0 Å². The lowest BCUT2D eigenvalue weighted by Gasteiger charge is -2.05. The molecule has 0 atom stereocenters. The molecule has 0 aliphatic carbocycles. The van der Waals surface area contributed by atoms with E-state index < -0.39 is 0 Å². The number of rotatable bonds is 5. The molecule has 1 aromatic rings. The zero-order valence-corrected chi connectivity index (χ0v) is 9.42. The Morgan fingerprint density at radius 2 is 2.20 bits per heavy atom. The summed E-state index contributed by atoms with van der Waals surface area (Å²) >= 11 is 0. The quantitative estimate of drug-likeness (QED) is 0.543. The highest BCUT2D eigenvalue weighted by Crippen LogP contribution is 2.13. The molecular formula is C13H17NO. The molecule has 0 N–H and O–H groups in total. The Labute approximate surface area is 91.0 Å². The van der Waals surface area contributed by atoms with Crippen LogP contribution < -0.4 is 0 Å². The molecule has 1 rings (SSSR count). The molecule has 0 unspecified atom stereocenters. The van der Waals surface area contributed by atoms with E-state index in [0.717, 1.165) is 24.0 Å². The van der Waals surface area contributed by atoms with E-state index in [-0.39, 0.29) is 5.78 Å². The van der Waals surface area contributed by atoms with Gasteiger partial charge in [0.25, 0.3) is 0 Å². The first-order valence-corrected chi connectivity index (χ1v) is 5.32. The van der Waals surface area contributed by atoms with Gasteiger partial charge in [-0.15, -0.1) is 0 Å². The Morgan fingerprint density at radius 3 is 2.80 bits per heavy atom. The first-order valence-electron chi connectivity index (χ1n) is 5.32. The second kappa shape index (κ2) is 5.44. The lowest BCUT2D eigenvalue weighted by molar-refractivity contribution is 0.0986. The minimum atomic E-state index is 0.0827. The van der Waals surface area contributed by atoms with Crippen molar-refractivity contribution >= 4 is 5.78 Å². The molecule has 0 amide bonds. The van der Waals surface area contributed by atoms with Gasteiger partial charge >= 0.3 is 0 Å². The van der Waals surface area contributed by atoms with Crippen molar-refractivity contribution in [2.75, 3.05) is 0 Å². The molecule has 0 radical (unpaired) electrons. The fourth-order valence-electron chi connectivity index (χ4n) is 1.41. The molecule has 0 saturated carbocycles. The lowest BCUT2D eigenvalue weighted by atomic mass is 10.0. The number of carbonyl (C=O) groups excluding carboxylic acids is 1. The van der Waals surface area contributed by atoms with E-state index in [1.54, 1.807) is 6.20 Å². The van der Waals surface area contributed by atoms with Gasteiger partial charge in [-0.2, -0.15) is 0 Å². The summed E-state index contributed by atoms with van der Waals surface area (Å²) in [5.41, 5.74) is 2.59. The Hall–Kier alpha value is -1.44. The summed E-state index contributed by atoms with van der Waals surface area (Å²) in [4.78, 5) is 16.0. The molecule has 0 fully saturated rings. The third-order valence-corrected chi connectivity index (χ3v) is 2.45. The van der Waals surface area contributed by atoms with E-state index in [2.05, 4.69) is 11.6 Å². The number of aromatic nitrogens is 1. The van der Waals surface area contributed by atoms with Gasteiger partial charge in [-0.3, -0.25) is 9.78 Å². The second-order valence-electron chi connectivity index (χ2n) is 3.57. The summed E-state index contributed by atoms with van der Waals surface area (Å²) < 4.78 is 0. The van der Waals surface area contributed by atoms with E-state index in [1.165, 1.54) is 0 Å². The molecule has 15 heavy (non-hydrogen) atoms. The third kappa shape index (κ3) is 3.01. The van der Waals surface area contributed by atoms with Gasteiger partial charge in [0.2, 0.25) is 0 Å². The SMILES string of the molecule is C=C(CC)CC(=O)c1ncccc1CC. The largest absolute Gasteiger partial charge is 0.292 e. The highest BCUT2D eigenvalue weighted by Gasteiger charge is 2.11. The topological polar surface area (TPSA) is 30.0 Å². The van der Waals surface area contributed by atoms with Crippen LogP contribution in [-0.4, -0.2) is 10.8 Å². The first kappa shape index (κ1) is 11.6. The second-order valence-corrected chi connectivity index (χ2v) is 3.57. The smallest absolute Gasteiger partial charge is 0.185 e. The molecule has 0 aliphatic heterocycles. The zero-order chi connectivity index (χ0) is 11.3. The lowest BCUT2D eigenvalue weighted by Crippen LogP contribution is -2.06. The fraction of sp³-hybridized carbons (Fsp3) is 0.385. The predicted molar refractivity (Wildman–Crippen MR) is 62.0 cm³/mol. The molecule has 0 aliphatic rings. The minimum Gasteiger partial charge on any atom is -0.292 e. The van der Waals surface area contributed by atoms with Crippen LogP contribution in [0.1, 0.15) is 42.7 Å². The van der Waals surface area contributed by atoms with Crippen LogP contribution in [0.15, 0.2) is 30.5 Å². The molecule has 1 heterocycles. The van der Waals surface area contributed by atoms with Crippen molar-refractivity contribution in [3.63, 3.8) is 0 Å². The summed E-state index contributed by atoms with van der Waals surface area (Å²) in [7, 11) is 0. The van der Waals surface area contributed by atoms with Gasteiger partial charge in [0.15, 0.2) is 5.78 Å². The maximum Gasteiger partial charge on any atom is 0.185 e. The van der Waals surface area contributed by atoms with E-state index in [4.69, 9.17) is 0 Å². The monoisotopic (exact) mass is 203 g/mol. The van der Waals surface area contributed by atoms with Gasteiger partial charge in [-0.05, 0) is 24.5 Å². The summed E-state index contributed by atoms with van der Waals surface area (Å²) in [6.45, 7) is 7.88. The van der Waals surface area contributed by atoms with Crippen molar-refractivity contribution in [3.8, 4) is 0 Å². The molecule has 0 aromatic carbocycles. The summed E-state index contributed by atoms with van der Waals surface area (Å²) in [5.74, 6) is 0.0827. The summed E-state index contributed by atoms with van der Waals surface area (Å²) in [6.07, 6.45) is 3.77. The van der Waals surface area contributed by atoms with E-state index in [0.29, 0.717) is 12.1 Å². The van der Waals surface area contributed by atoms with Crippen molar-refractivity contribution in [3.05, 3.63) is 41.7 Å². The Morgan fingerprint density at radius 1 is 1.47 bits per heavy atom. The molecule has 0 spiro atoms. The van der Waals surface area contributed by atoms with Gasteiger partial charge in [0.1, 0.15) is 5.69 Å². The van der Waals surface area contributed by atoms with Gasteiger partial charge < -0.3 is 0 Å². The summed E-state index contributed by atoms with van der Waals surface area (Å²) in [5, 5.41) is 0. The van der Waals surface area contributed by atoms with Crippen molar-refractivity contribution in [2.24, 2.45) is 0 Å². The maximum absolute atomic E-state index is 11.9. The van der Waals surface area contributed by atoms with Crippen LogP contribution in [0.3, 0.4) is 0 Å². The van der Waals surface area contributed by atoms with Gasteiger partial charge in [-0.25, -0.2) is 0 Å². The average Bonchev–Trinajstić information content (AvgIpc) is 2.28. The molecule has 0 bridgehead atoms. The number of carbonyl (C=O) groups is 1. The van der Waals surface area contributed by atoms with E-state index in [9.17, 15) is 4.79 Å². The van der Waals surface area contributed by atoms with Gasteiger partial charge in [-0.1, -0.05) is 32.1 Å². The zero-order valence-electron chi connectivity index (χ0n) is 9.42. The number of ketones is 1. The third-order valence-electron chi connectivity index (χ3n) is 2.45. The molecule has 2 nitrogen and oxygen atoms in total. The number of Topliss-reactive ketones (excluding diaryl/α,β-unsaturated/α-hetero) is 1. The average molecular weight is 203 g/mol. The molecule has 2 heteroatoms. The van der Waals surface area contributed by atoms with Crippen molar-refractivity contribution < 1.29 is 4.79 Å². The van der Waals surface area contributed by atoms with E-state index >= 15 is 0 Å². The molecule has 0 saturated heterocycles. The molecule has 1 aromatic heterocycles. The number of allylic oxidation sites excluding steroid dienone is 1. The first-order chi connectivity index (χ1) is 7.19. The predicted octanol–water partition coefficient (Wildman–Crippen LogP) is 3.18. The van der Waals surface area contributed by atoms with Gasteiger partial charge in [0, 0.05) is 12.6 Å². The van der Waals surface area contributed by atoms with Crippen molar-refractivity contribution in [1.29, 1.82) is 0 Å². The summed E-state index contributed by atoms with van der Waals surface area (Å²) in [6, 6.07) is 3.82. The van der Waals surface area contributed by atoms with Crippen LogP contribution in [0.4, 0.5) is 0 Å². The normalized spacial score (nSPS) is 10.0. The van der Waals surface area contributed by atoms with Crippen LogP contribution in [0, 0.1) is 0 Å². The number of pyridine rings is 1. The number of nitrogens with zero attached hydrogens (tertiary/aromatic N) is 1. The van der Waals surface area contributed by atoms with Crippen molar-refractivity contribution in [2.45, 2.75) is 33.1 Å². The van der Waals surface area contributed by atoms with Crippen LogP contribution in [0.25, 0.3) is 0 Å². The Kier molecular flexibility index (Phi) is 4.22. The minimum absolute atomic E-state index is 0.0827. The highest BCUT2D eigenvalue weighted by molar-refractivity contribution is 5.96. The fourth-order valence-corrected chi connectivity index (χ4v) is 1.41. The van der Waals surface area contributed by atoms with Crippen molar-refractivity contribution in [1.82, 2.24) is 4.98 Å². The molecular weight excluding hydrogens is 186 g/mol. The van der Waals surface area contributed by atoms with Crippen LogP contribution in [0.2, 0.25) is 0 Å². The number of hydrogen-bond donors (Lipinski definition) is 0. The highest BCUT2D eigenvalue weighted by atomic mass is 16.1. The number of hydrogen-bond acceptors (Lipinski definition) is 2.